The van der Waals surface area contributed by atoms with Crippen molar-refractivity contribution in [3.8, 4) is 0 Å². The normalized spacial score (nSPS) is 19.1. The van der Waals surface area contributed by atoms with Gasteiger partial charge in [-0.3, -0.25) is 9.59 Å². The number of benzene rings is 4. The Balaban J connectivity index is 1.62. The van der Waals surface area contributed by atoms with Crippen LogP contribution in [0.2, 0.25) is 0 Å². The molecule has 1 heterocycles. The molecule has 0 saturated heterocycles. The molecule has 0 unspecified atom stereocenters. The number of ketones is 1. The van der Waals surface area contributed by atoms with Gasteiger partial charge in [0.25, 0.3) is 5.91 Å². The van der Waals surface area contributed by atoms with E-state index in [0.717, 1.165) is 16.7 Å². The summed E-state index contributed by atoms with van der Waals surface area (Å²) in [7, 11) is 0. The molecule has 0 N–H and O–H groups in total. The van der Waals surface area contributed by atoms with Gasteiger partial charge in [-0.2, -0.15) is 10.1 Å². The van der Waals surface area contributed by atoms with Gasteiger partial charge in [0.15, 0.2) is 11.2 Å². The summed E-state index contributed by atoms with van der Waals surface area (Å²) in [6.45, 7) is 0. The molecule has 5 heteroatoms. The van der Waals surface area contributed by atoms with Gasteiger partial charge in [-0.05, 0) is 64.3 Å². The van der Waals surface area contributed by atoms with Crippen LogP contribution in [0.5, 0.6) is 0 Å². The maximum atomic E-state index is 14.4. The Morgan fingerprint density at radius 2 is 1.16 bits per heavy atom. The van der Waals surface area contributed by atoms with E-state index in [1.54, 1.807) is 0 Å². The van der Waals surface area contributed by atoms with Crippen LogP contribution in [0, 0.1) is 11.2 Å². The van der Waals surface area contributed by atoms with Crippen LogP contribution in [-0.4, -0.2) is 17.4 Å². The molecular weight excluding hydrogens is 463 g/mol. The highest BCUT2D eigenvalue weighted by Crippen LogP contribution is 2.49. The number of halogens is 1. The van der Waals surface area contributed by atoms with Gasteiger partial charge in [0.1, 0.15) is 5.82 Å². The number of carbonyl (C=O) groups excluding carboxylic acids is 2. The first-order valence-corrected chi connectivity index (χ1v) is 11.9. The van der Waals surface area contributed by atoms with Crippen molar-refractivity contribution in [2.75, 3.05) is 5.01 Å². The van der Waals surface area contributed by atoms with Crippen molar-refractivity contribution in [3.63, 3.8) is 0 Å². The number of hydrogen-bond acceptors (Lipinski definition) is 3. The molecule has 0 saturated carbocycles. The average molecular weight is 485 g/mol. The molecule has 0 bridgehead atoms. The van der Waals surface area contributed by atoms with Crippen LogP contribution in [-0.2, 0) is 9.59 Å². The lowest BCUT2D eigenvalue weighted by atomic mass is 9.65. The second-order valence-electron chi connectivity index (χ2n) is 8.91. The Morgan fingerprint density at radius 3 is 1.76 bits per heavy atom. The standard InChI is InChI=1S/C32H21FN2O2/c33-26-16-18-27(19-17-26)35-31(37)32(30(34-35)24-14-8-3-9-15-24)28(23-12-6-2-7-13-23)20-25(21-29(32)36)22-10-4-1-5-11-22/h1-21H/t32-/m1/s1. The van der Waals surface area contributed by atoms with Gasteiger partial charge in [-0.25, -0.2) is 4.39 Å². The molecule has 4 aromatic carbocycles. The number of allylic oxidation sites excluding steroid dienone is 3. The molecule has 1 amide bonds. The summed E-state index contributed by atoms with van der Waals surface area (Å²) < 4.78 is 13.7. The second kappa shape index (κ2) is 8.95. The first-order valence-electron chi connectivity index (χ1n) is 11.9. The van der Waals surface area contributed by atoms with Crippen molar-refractivity contribution in [3.05, 3.63) is 150 Å². The van der Waals surface area contributed by atoms with Crippen LogP contribution in [0.4, 0.5) is 10.1 Å². The Labute approximate surface area is 213 Å². The SMILES string of the molecule is O=C1C=C(c2ccccc2)C=C(c2ccccc2)[C@@]12C(=O)N(c1ccc(F)cc1)N=C2c1ccccc1. The van der Waals surface area contributed by atoms with Gasteiger partial charge < -0.3 is 0 Å². The van der Waals surface area contributed by atoms with E-state index in [1.807, 2.05) is 97.1 Å². The summed E-state index contributed by atoms with van der Waals surface area (Å²) in [5, 5.41) is 5.95. The van der Waals surface area contributed by atoms with Crippen molar-refractivity contribution < 1.29 is 14.0 Å². The summed E-state index contributed by atoms with van der Waals surface area (Å²) in [6.07, 6.45) is 3.45. The molecule has 1 atom stereocenters. The predicted molar refractivity (Wildman–Crippen MR) is 143 cm³/mol. The monoisotopic (exact) mass is 484 g/mol. The van der Waals surface area contributed by atoms with E-state index in [4.69, 9.17) is 5.10 Å². The molecule has 2 aliphatic rings. The minimum atomic E-state index is -1.70. The second-order valence-corrected chi connectivity index (χ2v) is 8.91. The van der Waals surface area contributed by atoms with Gasteiger partial charge in [0.05, 0.1) is 11.4 Å². The number of amides is 1. The zero-order valence-corrected chi connectivity index (χ0v) is 19.7. The van der Waals surface area contributed by atoms with E-state index in [-0.39, 0.29) is 5.78 Å². The van der Waals surface area contributed by atoms with Crippen LogP contribution < -0.4 is 5.01 Å². The van der Waals surface area contributed by atoms with E-state index in [0.29, 0.717) is 22.5 Å². The fourth-order valence-corrected chi connectivity index (χ4v) is 4.98. The van der Waals surface area contributed by atoms with Gasteiger partial charge in [0, 0.05) is 0 Å². The van der Waals surface area contributed by atoms with E-state index in [2.05, 4.69) is 0 Å². The highest BCUT2D eigenvalue weighted by molar-refractivity contribution is 6.45. The Kier molecular flexibility index (Phi) is 5.46. The number of nitrogens with zero attached hydrogens (tertiary/aromatic N) is 2. The summed E-state index contributed by atoms with van der Waals surface area (Å²) in [5.74, 6) is -1.29. The highest BCUT2D eigenvalue weighted by Gasteiger charge is 2.60. The molecule has 178 valence electrons. The topological polar surface area (TPSA) is 49.7 Å². The summed E-state index contributed by atoms with van der Waals surface area (Å²) in [5.41, 5.74) is 2.57. The van der Waals surface area contributed by atoms with Crippen molar-refractivity contribution in [1.29, 1.82) is 0 Å². The minimum Gasteiger partial charge on any atom is -0.293 e. The molecule has 4 nitrogen and oxygen atoms in total. The molecule has 4 aromatic rings. The lowest BCUT2D eigenvalue weighted by Gasteiger charge is -2.33. The number of carbonyl (C=O) groups is 2. The Hall–Kier alpha value is -4.90. The lowest BCUT2D eigenvalue weighted by Crippen LogP contribution is -2.48. The third kappa shape index (κ3) is 3.64. The van der Waals surface area contributed by atoms with Gasteiger partial charge >= 0.3 is 0 Å². The average Bonchev–Trinajstić information content (AvgIpc) is 3.25. The Morgan fingerprint density at radius 1 is 0.622 bits per heavy atom. The van der Waals surface area contributed by atoms with Crippen molar-refractivity contribution >= 4 is 34.2 Å². The van der Waals surface area contributed by atoms with Crippen LogP contribution in [0.15, 0.2) is 133 Å². The Bertz CT molecular complexity index is 1590. The molecule has 1 aliphatic carbocycles. The predicted octanol–water partition coefficient (Wildman–Crippen LogP) is 6.31. The van der Waals surface area contributed by atoms with Crippen LogP contribution in [0.3, 0.4) is 0 Å². The third-order valence-corrected chi connectivity index (χ3v) is 6.74. The van der Waals surface area contributed by atoms with Crippen molar-refractivity contribution in [2.24, 2.45) is 10.5 Å². The number of hydrazone groups is 1. The van der Waals surface area contributed by atoms with Crippen LogP contribution >= 0.6 is 0 Å². The smallest absolute Gasteiger partial charge is 0.272 e. The summed E-state index contributed by atoms with van der Waals surface area (Å²) >= 11 is 0. The summed E-state index contributed by atoms with van der Waals surface area (Å²) in [6, 6.07) is 33.8. The van der Waals surface area contributed by atoms with Crippen molar-refractivity contribution in [2.45, 2.75) is 0 Å². The third-order valence-electron chi connectivity index (χ3n) is 6.74. The number of hydrogen-bond donors (Lipinski definition) is 0. The molecule has 1 aliphatic heterocycles. The maximum absolute atomic E-state index is 14.4. The van der Waals surface area contributed by atoms with Gasteiger partial charge in [0.2, 0.25) is 0 Å². The molecule has 1 spiro atoms. The molecule has 6 rings (SSSR count). The van der Waals surface area contributed by atoms with Crippen LogP contribution in [0.25, 0.3) is 11.1 Å². The fourth-order valence-electron chi connectivity index (χ4n) is 4.98. The highest BCUT2D eigenvalue weighted by atomic mass is 19.1. The largest absolute Gasteiger partial charge is 0.293 e. The first kappa shape index (κ1) is 22.6. The first-order chi connectivity index (χ1) is 18.1. The fraction of sp³-hybridized carbons (Fsp3) is 0.0312. The summed E-state index contributed by atoms with van der Waals surface area (Å²) in [4.78, 5) is 28.7. The molecule has 0 fully saturated rings. The number of anilines is 1. The maximum Gasteiger partial charge on any atom is 0.272 e. The van der Waals surface area contributed by atoms with E-state index < -0.39 is 17.1 Å². The van der Waals surface area contributed by atoms with E-state index in [1.165, 1.54) is 35.4 Å². The quantitative estimate of drug-likeness (QED) is 0.319. The molecule has 37 heavy (non-hydrogen) atoms. The van der Waals surface area contributed by atoms with E-state index in [9.17, 15) is 14.0 Å². The zero-order valence-electron chi connectivity index (χ0n) is 19.7. The molecular formula is C32H21FN2O2. The van der Waals surface area contributed by atoms with Crippen molar-refractivity contribution in [1.82, 2.24) is 0 Å². The van der Waals surface area contributed by atoms with Crippen LogP contribution in [0.1, 0.15) is 16.7 Å². The van der Waals surface area contributed by atoms with E-state index >= 15 is 0 Å². The minimum absolute atomic E-state index is 0.339. The number of rotatable bonds is 4. The molecule has 0 radical (unpaired) electrons. The zero-order chi connectivity index (χ0) is 25.4. The van der Waals surface area contributed by atoms with Gasteiger partial charge in [-0.1, -0.05) is 91.0 Å². The lowest BCUT2D eigenvalue weighted by molar-refractivity contribution is -0.129. The van der Waals surface area contributed by atoms with Gasteiger partial charge in [-0.15, -0.1) is 0 Å². The molecule has 0 aromatic heterocycles.